The van der Waals surface area contributed by atoms with E-state index in [1.54, 1.807) is 4.90 Å². The second-order valence-corrected chi connectivity index (χ2v) is 6.27. The Morgan fingerprint density at radius 2 is 2.00 bits per heavy atom. The van der Waals surface area contributed by atoms with Crippen LogP contribution in [0.5, 0.6) is 0 Å². The molecule has 0 aliphatic carbocycles. The van der Waals surface area contributed by atoms with Gasteiger partial charge in [-0.3, -0.25) is 14.5 Å². The molecule has 0 aromatic rings. The van der Waals surface area contributed by atoms with Crippen molar-refractivity contribution in [1.82, 2.24) is 14.7 Å². The molecule has 0 saturated carbocycles. The van der Waals surface area contributed by atoms with Crippen LogP contribution in [0.4, 0.5) is 0 Å². The molecule has 132 valence electrons. The minimum atomic E-state index is -0.484. The highest BCUT2D eigenvalue weighted by Gasteiger charge is 2.36. The molecular formula is C16H29N3O4. The van der Waals surface area contributed by atoms with Crippen molar-refractivity contribution in [2.45, 2.75) is 26.4 Å². The largest absolute Gasteiger partial charge is 0.389 e. The third kappa shape index (κ3) is 4.89. The first kappa shape index (κ1) is 18.2. The van der Waals surface area contributed by atoms with E-state index in [1.165, 1.54) is 0 Å². The highest BCUT2D eigenvalue weighted by molar-refractivity contribution is 5.89. The quantitative estimate of drug-likeness (QED) is 0.676. The van der Waals surface area contributed by atoms with Crippen molar-refractivity contribution in [3.05, 3.63) is 0 Å². The van der Waals surface area contributed by atoms with Gasteiger partial charge in [0.1, 0.15) is 0 Å². The SMILES string of the molecule is CCOC[C@@H](O)CN1CCN(C(=O)[C@H]2CC(=O)N(CC)C2)CC1. The molecule has 2 atom stereocenters. The van der Waals surface area contributed by atoms with E-state index in [0.29, 0.717) is 52.4 Å². The summed E-state index contributed by atoms with van der Waals surface area (Å²) in [6, 6.07) is 0. The molecule has 2 rings (SSSR count). The summed E-state index contributed by atoms with van der Waals surface area (Å²) in [6.07, 6.45) is -0.136. The summed E-state index contributed by atoms with van der Waals surface area (Å²) in [5.74, 6) is 0.00453. The first-order chi connectivity index (χ1) is 11.0. The second-order valence-electron chi connectivity index (χ2n) is 6.27. The van der Waals surface area contributed by atoms with E-state index in [9.17, 15) is 14.7 Å². The average Bonchev–Trinajstić information content (AvgIpc) is 2.94. The number of aliphatic hydroxyl groups is 1. The van der Waals surface area contributed by atoms with E-state index in [1.807, 2.05) is 18.7 Å². The lowest BCUT2D eigenvalue weighted by Crippen LogP contribution is -2.52. The Hall–Kier alpha value is -1.18. The number of rotatable bonds is 7. The molecule has 0 unspecified atom stereocenters. The number of nitrogens with zero attached hydrogens (tertiary/aromatic N) is 3. The van der Waals surface area contributed by atoms with E-state index < -0.39 is 6.10 Å². The van der Waals surface area contributed by atoms with Crippen LogP contribution in [0.2, 0.25) is 0 Å². The number of carbonyl (C=O) groups excluding carboxylic acids is 2. The van der Waals surface area contributed by atoms with E-state index in [4.69, 9.17) is 4.74 Å². The number of ether oxygens (including phenoxy) is 1. The molecule has 2 aliphatic heterocycles. The van der Waals surface area contributed by atoms with Crippen molar-refractivity contribution in [2.24, 2.45) is 5.92 Å². The normalized spacial score (nSPS) is 24.3. The number of piperazine rings is 1. The lowest BCUT2D eigenvalue weighted by molar-refractivity contribution is -0.137. The monoisotopic (exact) mass is 327 g/mol. The van der Waals surface area contributed by atoms with Gasteiger partial charge < -0.3 is 19.6 Å². The van der Waals surface area contributed by atoms with Gasteiger partial charge in [-0.25, -0.2) is 0 Å². The first-order valence-electron chi connectivity index (χ1n) is 8.59. The lowest BCUT2D eigenvalue weighted by Gasteiger charge is -2.36. The van der Waals surface area contributed by atoms with Crippen molar-refractivity contribution in [3.63, 3.8) is 0 Å². The molecule has 2 heterocycles. The highest BCUT2D eigenvalue weighted by Crippen LogP contribution is 2.20. The minimum Gasteiger partial charge on any atom is -0.389 e. The van der Waals surface area contributed by atoms with E-state index >= 15 is 0 Å². The fourth-order valence-corrected chi connectivity index (χ4v) is 3.26. The van der Waals surface area contributed by atoms with Crippen LogP contribution >= 0.6 is 0 Å². The van der Waals surface area contributed by atoms with Crippen molar-refractivity contribution < 1.29 is 19.4 Å². The van der Waals surface area contributed by atoms with Gasteiger partial charge in [0.15, 0.2) is 0 Å². The maximum Gasteiger partial charge on any atom is 0.228 e. The predicted molar refractivity (Wildman–Crippen MR) is 85.9 cm³/mol. The zero-order valence-electron chi connectivity index (χ0n) is 14.2. The van der Waals surface area contributed by atoms with Crippen molar-refractivity contribution >= 4 is 11.8 Å². The summed E-state index contributed by atoms with van der Waals surface area (Å²) in [5, 5.41) is 9.88. The molecule has 1 N–H and O–H groups in total. The summed E-state index contributed by atoms with van der Waals surface area (Å²) >= 11 is 0. The third-order valence-corrected chi connectivity index (χ3v) is 4.61. The molecule has 0 spiro atoms. The zero-order valence-corrected chi connectivity index (χ0v) is 14.2. The van der Waals surface area contributed by atoms with Crippen LogP contribution in [-0.4, -0.2) is 96.8 Å². The van der Waals surface area contributed by atoms with Crippen LogP contribution in [0.25, 0.3) is 0 Å². The topological polar surface area (TPSA) is 73.3 Å². The molecule has 0 radical (unpaired) electrons. The number of hydrogen-bond acceptors (Lipinski definition) is 5. The first-order valence-corrected chi connectivity index (χ1v) is 8.59. The summed E-state index contributed by atoms with van der Waals surface area (Å²) in [5.41, 5.74) is 0. The molecule has 0 bridgehead atoms. The zero-order chi connectivity index (χ0) is 16.8. The molecule has 0 aromatic heterocycles. The Morgan fingerprint density at radius 1 is 1.30 bits per heavy atom. The highest BCUT2D eigenvalue weighted by atomic mass is 16.5. The Labute approximate surface area is 138 Å². The molecular weight excluding hydrogens is 298 g/mol. The van der Waals surface area contributed by atoms with Crippen molar-refractivity contribution in [1.29, 1.82) is 0 Å². The van der Waals surface area contributed by atoms with Gasteiger partial charge in [-0.1, -0.05) is 0 Å². The predicted octanol–water partition coefficient (Wildman–Crippen LogP) is -0.604. The van der Waals surface area contributed by atoms with Gasteiger partial charge in [0.2, 0.25) is 11.8 Å². The van der Waals surface area contributed by atoms with Crippen molar-refractivity contribution in [3.8, 4) is 0 Å². The third-order valence-electron chi connectivity index (χ3n) is 4.61. The molecule has 7 heteroatoms. The van der Waals surface area contributed by atoms with Gasteiger partial charge in [0.25, 0.3) is 0 Å². The molecule has 23 heavy (non-hydrogen) atoms. The van der Waals surface area contributed by atoms with E-state index in [-0.39, 0.29) is 17.7 Å². The summed E-state index contributed by atoms with van der Waals surface area (Å²) in [6.45, 7) is 9.46. The average molecular weight is 327 g/mol. The van der Waals surface area contributed by atoms with Gasteiger partial charge in [0.05, 0.1) is 18.6 Å². The summed E-state index contributed by atoms with van der Waals surface area (Å²) in [7, 11) is 0. The van der Waals surface area contributed by atoms with Gasteiger partial charge >= 0.3 is 0 Å². The molecule has 2 aliphatic rings. The molecule has 2 fully saturated rings. The fourth-order valence-electron chi connectivity index (χ4n) is 3.26. The molecule has 2 saturated heterocycles. The molecule has 2 amide bonds. The van der Waals surface area contributed by atoms with Crippen LogP contribution in [0.3, 0.4) is 0 Å². The number of likely N-dealkylation sites (tertiary alicyclic amines) is 1. The summed E-state index contributed by atoms with van der Waals surface area (Å²) in [4.78, 5) is 30.1. The Bertz CT molecular complexity index is 410. The number of amides is 2. The van der Waals surface area contributed by atoms with Gasteiger partial charge in [-0.15, -0.1) is 0 Å². The number of hydrogen-bond donors (Lipinski definition) is 1. The Kier molecular flexibility index (Phi) is 6.80. The fraction of sp³-hybridized carbons (Fsp3) is 0.875. The smallest absolute Gasteiger partial charge is 0.228 e. The van der Waals surface area contributed by atoms with E-state index in [2.05, 4.69) is 4.90 Å². The number of β-amino-alcohol motifs (C(OH)–C–C–N with tert-alkyl or cyclic N) is 1. The van der Waals surface area contributed by atoms with Crippen LogP contribution in [0.1, 0.15) is 20.3 Å². The van der Waals surface area contributed by atoms with Gasteiger partial charge in [-0.2, -0.15) is 0 Å². The molecule has 0 aromatic carbocycles. The molecule has 7 nitrogen and oxygen atoms in total. The summed E-state index contributed by atoms with van der Waals surface area (Å²) < 4.78 is 5.22. The van der Waals surface area contributed by atoms with Crippen LogP contribution < -0.4 is 0 Å². The maximum atomic E-state index is 12.5. The Morgan fingerprint density at radius 3 is 2.57 bits per heavy atom. The minimum absolute atomic E-state index is 0.0866. The number of carbonyl (C=O) groups is 2. The lowest BCUT2D eigenvalue weighted by atomic mass is 10.1. The number of aliphatic hydroxyl groups excluding tert-OH is 1. The van der Waals surface area contributed by atoms with Gasteiger partial charge in [0, 0.05) is 58.8 Å². The van der Waals surface area contributed by atoms with Crippen LogP contribution in [-0.2, 0) is 14.3 Å². The van der Waals surface area contributed by atoms with Crippen LogP contribution in [0.15, 0.2) is 0 Å². The van der Waals surface area contributed by atoms with Gasteiger partial charge in [-0.05, 0) is 13.8 Å². The van der Waals surface area contributed by atoms with E-state index in [0.717, 1.165) is 13.1 Å². The standard InChI is InChI=1S/C16H29N3O4/c1-3-18-10-13(9-15(18)21)16(22)19-7-5-17(6-8-19)11-14(20)12-23-4-2/h13-14,20H,3-12H2,1-2H3/t13-,14-/m0/s1. The van der Waals surface area contributed by atoms with Crippen LogP contribution in [0, 0.1) is 5.92 Å². The second kappa shape index (κ2) is 8.61. The maximum absolute atomic E-state index is 12.5. The Balaban J connectivity index is 1.74. The van der Waals surface area contributed by atoms with Crippen molar-refractivity contribution in [2.75, 3.05) is 59.0 Å².